The quantitative estimate of drug-likeness (QED) is 0.578. The molecule has 0 unspecified atom stereocenters. The number of hydrogen-bond donors (Lipinski definition) is 1. The van der Waals surface area contributed by atoms with Crippen LogP contribution in [0.25, 0.3) is 0 Å². The molecule has 2 rings (SSSR count). The lowest BCUT2D eigenvalue weighted by Crippen LogP contribution is -2.22. The van der Waals surface area contributed by atoms with E-state index in [1.165, 1.54) is 0 Å². The van der Waals surface area contributed by atoms with Crippen molar-refractivity contribution in [3.8, 4) is 0 Å². The van der Waals surface area contributed by atoms with Gasteiger partial charge in [-0.25, -0.2) is 9.97 Å². The SMILES string of the molecule is CSc1cc(N2CC[C@@H](O)C2)ncn1. The van der Waals surface area contributed by atoms with Gasteiger partial charge < -0.3 is 10.0 Å². The Labute approximate surface area is 87.4 Å². The zero-order chi connectivity index (χ0) is 9.97. The van der Waals surface area contributed by atoms with Gasteiger partial charge in [0.15, 0.2) is 0 Å². The van der Waals surface area contributed by atoms with Gasteiger partial charge in [-0.1, -0.05) is 0 Å². The first-order valence-corrected chi connectivity index (χ1v) is 5.81. The molecule has 1 fully saturated rings. The number of aliphatic hydroxyl groups excluding tert-OH is 1. The van der Waals surface area contributed by atoms with Gasteiger partial charge >= 0.3 is 0 Å². The van der Waals surface area contributed by atoms with Gasteiger partial charge in [0.2, 0.25) is 0 Å². The van der Waals surface area contributed by atoms with E-state index in [4.69, 9.17) is 0 Å². The molecule has 5 heteroatoms. The van der Waals surface area contributed by atoms with Crippen molar-refractivity contribution in [2.45, 2.75) is 17.6 Å². The molecule has 0 saturated carbocycles. The number of rotatable bonds is 2. The molecule has 0 amide bonds. The Morgan fingerprint density at radius 1 is 1.57 bits per heavy atom. The van der Waals surface area contributed by atoms with Gasteiger partial charge in [-0.05, 0) is 12.7 Å². The summed E-state index contributed by atoms with van der Waals surface area (Å²) in [5.41, 5.74) is 0. The monoisotopic (exact) mass is 211 g/mol. The largest absolute Gasteiger partial charge is 0.391 e. The van der Waals surface area contributed by atoms with Gasteiger partial charge in [-0.3, -0.25) is 0 Å². The molecule has 4 nitrogen and oxygen atoms in total. The molecule has 1 aliphatic heterocycles. The standard InChI is InChI=1S/C9H13N3OS/c1-14-9-4-8(10-6-11-9)12-3-2-7(13)5-12/h4,6-7,13H,2-3,5H2,1H3/t7-/m1/s1. The molecule has 1 atom stereocenters. The first kappa shape index (κ1) is 9.73. The van der Waals surface area contributed by atoms with Crippen LogP contribution in [0.1, 0.15) is 6.42 Å². The molecule has 0 aliphatic carbocycles. The lowest BCUT2D eigenvalue weighted by molar-refractivity contribution is 0.198. The van der Waals surface area contributed by atoms with Crippen molar-refractivity contribution >= 4 is 17.6 Å². The van der Waals surface area contributed by atoms with Crippen LogP contribution in [0.4, 0.5) is 5.82 Å². The average Bonchev–Trinajstić information content (AvgIpc) is 2.65. The maximum Gasteiger partial charge on any atom is 0.133 e. The van der Waals surface area contributed by atoms with E-state index in [1.807, 2.05) is 12.3 Å². The maximum absolute atomic E-state index is 9.40. The summed E-state index contributed by atoms with van der Waals surface area (Å²) >= 11 is 1.60. The van der Waals surface area contributed by atoms with Crippen LogP contribution in [0.5, 0.6) is 0 Å². The second kappa shape index (κ2) is 4.14. The predicted molar refractivity (Wildman–Crippen MR) is 56.6 cm³/mol. The second-order valence-electron chi connectivity index (χ2n) is 3.31. The normalized spacial score (nSPS) is 21.6. The zero-order valence-corrected chi connectivity index (χ0v) is 8.87. The van der Waals surface area contributed by atoms with Crippen LogP contribution in [0.15, 0.2) is 17.4 Å². The highest BCUT2D eigenvalue weighted by Gasteiger charge is 2.21. The van der Waals surface area contributed by atoms with Crippen LogP contribution < -0.4 is 4.90 Å². The minimum absolute atomic E-state index is 0.206. The highest BCUT2D eigenvalue weighted by atomic mass is 32.2. The topological polar surface area (TPSA) is 49.2 Å². The number of thioether (sulfide) groups is 1. The van der Waals surface area contributed by atoms with Crippen molar-refractivity contribution in [2.75, 3.05) is 24.2 Å². The van der Waals surface area contributed by atoms with E-state index in [0.717, 1.165) is 23.8 Å². The molecule has 0 radical (unpaired) electrons. The molecular weight excluding hydrogens is 198 g/mol. The summed E-state index contributed by atoms with van der Waals surface area (Å²) in [5, 5.41) is 10.4. The summed E-state index contributed by atoms with van der Waals surface area (Å²) in [4.78, 5) is 10.4. The van der Waals surface area contributed by atoms with Crippen LogP contribution >= 0.6 is 11.8 Å². The van der Waals surface area contributed by atoms with Crippen molar-refractivity contribution in [3.63, 3.8) is 0 Å². The van der Waals surface area contributed by atoms with Gasteiger partial charge in [0, 0.05) is 19.2 Å². The lowest BCUT2D eigenvalue weighted by atomic mass is 10.3. The third-order valence-electron chi connectivity index (χ3n) is 2.32. The lowest BCUT2D eigenvalue weighted by Gasteiger charge is -2.16. The van der Waals surface area contributed by atoms with Crippen molar-refractivity contribution in [1.29, 1.82) is 0 Å². The molecule has 14 heavy (non-hydrogen) atoms. The number of nitrogens with zero attached hydrogens (tertiary/aromatic N) is 3. The van der Waals surface area contributed by atoms with Crippen LogP contribution in [0, 0.1) is 0 Å². The van der Waals surface area contributed by atoms with Crippen molar-refractivity contribution < 1.29 is 5.11 Å². The number of β-amino-alcohol motifs (C(OH)–C–C–N with tert-alkyl or cyclic N) is 1. The molecule has 1 N–H and O–H groups in total. The molecule has 1 saturated heterocycles. The summed E-state index contributed by atoms with van der Waals surface area (Å²) < 4.78 is 0. The fourth-order valence-corrected chi connectivity index (χ4v) is 1.94. The average molecular weight is 211 g/mol. The summed E-state index contributed by atoms with van der Waals surface area (Å²) in [6, 6.07) is 1.96. The van der Waals surface area contributed by atoms with Gasteiger partial charge in [-0.15, -0.1) is 11.8 Å². The van der Waals surface area contributed by atoms with Crippen LogP contribution in [-0.4, -0.2) is 40.5 Å². The predicted octanol–water partition coefficient (Wildman–Crippen LogP) is 0.770. The molecule has 76 valence electrons. The van der Waals surface area contributed by atoms with Crippen LogP contribution in [-0.2, 0) is 0 Å². The third kappa shape index (κ3) is 1.99. The molecule has 2 heterocycles. The zero-order valence-electron chi connectivity index (χ0n) is 8.05. The summed E-state index contributed by atoms with van der Waals surface area (Å²) in [6.07, 6.45) is 4.19. The minimum atomic E-state index is -0.206. The summed E-state index contributed by atoms with van der Waals surface area (Å²) in [6.45, 7) is 1.57. The maximum atomic E-state index is 9.40. The smallest absolute Gasteiger partial charge is 0.133 e. The molecule has 0 bridgehead atoms. The van der Waals surface area contributed by atoms with Gasteiger partial charge in [-0.2, -0.15) is 0 Å². The van der Waals surface area contributed by atoms with E-state index in [2.05, 4.69) is 14.9 Å². The number of anilines is 1. The van der Waals surface area contributed by atoms with E-state index in [9.17, 15) is 5.11 Å². The van der Waals surface area contributed by atoms with Crippen molar-refractivity contribution in [2.24, 2.45) is 0 Å². The molecule has 1 aromatic heterocycles. The first-order valence-electron chi connectivity index (χ1n) is 4.58. The second-order valence-corrected chi connectivity index (χ2v) is 4.13. The highest BCUT2D eigenvalue weighted by Crippen LogP contribution is 2.20. The summed E-state index contributed by atoms with van der Waals surface area (Å²) in [7, 11) is 0. The van der Waals surface area contributed by atoms with E-state index in [0.29, 0.717) is 6.54 Å². The third-order valence-corrected chi connectivity index (χ3v) is 2.97. The molecule has 0 aromatic carbocycles. The van der Waals surface area contributed by atoms with E-state index >= 15 is 0 Å². The number of aliphatic hydroxyl groups is 1. The Kier molecular flexibility index (Phi) is 2.88. The molecule has 0 spiro atoms. The Hall–Kier alpha value is -0.810. The molecule has 1 aliphatic rings. The number of hydrogen-bond acceptors (Lipinski definition) is 5. The molecule has 1 aromatic rings. The summed E-state index contributed by atoms with van der Waals surface area (Å²) in [5.74, 6) is 0.918. The first-order chi connectivity index (χ1) is 6.79. The van der Waals surface area contributed by atoms with Crippen molar-refractivity contribution in [3.05, 3.63) is 12.4 Å². The fourth-order valence-electron chi connectivity index (χ4n) is 1.56. The van der Waals surface area contributed by atoms with Crippen LogP contribution in [0.2, 0.25) is 0 Å². The van der Waals surface area contributed by atoms with Gasteiger partial charge in [0.05, 0.1) is 6.10 Å². The van der Waals surface area contributed by atoms with Crippen LogP contribution in [0.3, 0.4) is 0 Å². The van der Waals surface area contributed by atoms with Crippen molar-refractivity contribution in [1.82, 2.24) is 9.97 Å². The van der Waals surface area contributed by atoms with Gasteiger partial charge in [0.25, 0.3) is 0 Å². The minimum Gasteiger partial charge on any atom is -0.391 e. The Bertz CT molecular complexity index is 321. The Morgan fingerprint density at radius 3 is 3.07 bits per heavy atom. The highest BCUT2D eigenvalue weighted by molar-refractivity contribution is 7.98. The Balaban J connectivity index is 2.15. The van der Waals surface area contributed by atoms with E-state index in [-0.39, 0.29) is 6.10 Å². The van der Waals surface area contributed by atoms with Gasteiger partial charge in [0.1, 0.15) is 17.2 Å². The van der Waals surface area contributed by atoms with E-state index in [1.54, 1.807) is 18.1 Å². The molecular formula is C9H13N3OS. The van der Waals surface area contributed by atoms with E-state index < -0.39 is 0 Å². The number of aromatic nitrogens is 2. The Morgan fingerprint density at radius 2 is 2.43 bits per heavy atom. The fraction of sp³-hybridized carbons (Fsp3) is 0.556.